The molecule has 29 heavy (non-hydrogen) atoms. The number of alkyl halides is 3. The fourth-order valence-corrected chi connectivity index (χ4v) is 4.12. The van der Waals surface area contributed by atoms with Gasteiger partial charge in [-0.05, 0) is 50.6 Å². The summed E-state index contributed by atoms with van der Waals surface area (Å²) in [5.74, 6) is -1.30. The van der Waals surface area contributed by atoms with Gasteiger partial charge in [-0.3, -0.25) is 4.79 Å². The van der Waals surface area contributed by atoms with Crippen LogP contribution < -0.4 is 0 Å². The second-order valence-electron chi connectivity index (χ2n) is 8.91. The summed E-state index contributed by atoms with van der Waals surface area (Å²) in [6.07, 6.45) is 2.13. The summed E-state index contributed by atoms with van der Waals surface area (Å²) in [5, 5.41) is 7.12. The maximum atomic E-state index is 12.1. The van der Waals surface area contributed by atoms with Crippen molar-refractivity contribution in [3.63, 3.8) is 0 Å². The molecular formula is C20H33F3N2O4. The van der Waals surface area contributed by atoms with E-state index in [1.165, 1.54) is 45.3 Å². The molecular weight excluding hydrogens is 389 g/mol. The Bertz CT molecular complexity index is 546. The first-order chi connectivity index (χ1) is 13.5. The number of nitrogens with zero attached hydrogens (tertiary/aromatic N) is 2. The predicted molar refractivity (Wildman–Crippen MR) is 101 cm³/mol. The molecule has 3 saturated heterocycles. The van der Waals surface area contributed by atoms with Crippen LogP contribution in [0, 0.1) is 11.8 Å². The van der Waals surface area contributed by atoms with Crippen molar-refractivity contribution in [2.24, 2.45) is 11.8 Å². The Morgan fingerprint density at radius 2 is 1.76 bits per heavy atom. The molecule has 168 valence electrons. The summed E-state index contributed by atoms with van der Waals surface area (Å²) in [7, 11) is 0. The molecule has 0 radical (unpaired) electrons. The summed E-state index contributed by atoms with van der Waals surface area (Å²) < 4.78 is 38.0. The summed E-state index contributed by atoms with van der Waals surface area (Å²) in [6, 6.07) is 0. The van der Waals surface area contributed by atoms with Crippen LogP contribution in [0.4, 0.5) is 13.2 Å². The molecule has 1 N–H and O–H groups in total. The number of hydrogen-bond donors (Lipinski definition) is 1. The van der Waals surface area contributed by atoms with E-state index in [2.05, 4.69) is 18.7 Å². The number of ether oxygens (including phenoxy) is 1. The molecule has 1 spiro atoms. The molecule has 1 atom stereocenters. The van der Waals surface area contributed by atoms with Crippen LogP contribution in [-0.4, -0.2) is 77.9 Å². The highest BCUT2D eigenvalue weighted by molar-refractivity contribution is 5.77. The van der Waals surface area contributed by atoms with Crippen molar-refractivity contribution in [1.82, 2.24) is 9.80 Å². The molecule has 3 heterocycles. The molecule has 3 aliphatic heterocycles. The molecule has 3 rings (SSSR count). The first kappa shape index (κ1) is 23.9. The lowest BCUT2D eigenvalue weighted by Gasteiger charge is -2.53. The van der Waals surface area contributed by atoms with E-state index in [-0.39, 0.29) is 5.60 Å². The number of carbonyl (C=O) groups is 2. The third-order valence-electron chi connectivity index (χ3n) is 5.73. The van der Waals surface area contributed by atoms with Crippen LogP contribution in [-0.2, 0) is 14.3 Å². The van der Waals surface area contributed by atoms with Gasteiger partial charge in [0.25, 0.3) is 0 Å². The number of rotatable bonds is 4. The quantitative estimate of drug-likeness (QED) is 0.754. The number of carbonyl (C=O) groups excluding carboxylic acids is 1. The van der Waals surface area contributed by atoms with Crippen LogP contribution in [0.15, 0.2) is 0 Å². The van der Waals surface area contributed by atoms with Crippen molar-refractivity contribution in [3.05, 3.63) is 0 Å². The zero-order valence-electron chi connectivity index (χ0n) is 17.3. The lowest BCUT2D eigenvalue weighted by atomic mass is 9.82. The number of likely N-dealkylation sites (tertiary alicyclic amines) is 2. The minimum absolute atomic E-state index is 0.00500. The third-order valence-corrected chi connectivity index (χ3v) is 5.73. The van der Waals surface area contributed by atoms with Crippen molar-refractivity contribution in [3.8, 4) is 0 Å². The van der Waals surface area contributed by atoms with E-state index >= 15 is 0 Å². The van der Waals surface area contributed by atoms with Crippen molar-refractivity contribution in [2.45, 2.75) is 64.1 Å². The van der Waals surface area contributed by atoms with Crippen LogP contribution in [0.25, 0.3) is 0 Å². The Balaban J connectivity index is 0.000000370. The Morgan fingerprint density at radius 3 is 2.21 bits per heavy atom. The average molecular weight is 422 g/mol. The van der Waals surface area contributed by atoms with Gasteiger partial charge >= 0.3 is 12.1 Å². The van der Waals surface area contributed by atoms with Crippen molar-refractivity contribution >= 4 is 11.9 Å². The summed E-state index contributed by atoms with van der Waals surface area (Å²) in [6.45, 7) is 10.5. The number of carboxylic acid groups (broad SMARTS) is 1. The zero-order chi connectivity index (χ0) is 21.7. The molecule has 9 heteroatoms. The Hall–Kier alpha value is -1.35. The molecule has 0 saturated carbocycles. The predicted octanol–water partition coefficient (Wildman–Crippen LogP) is 3.16. The smallest absolute Gasteiger partial charge is 0.475 e. The minimum Gasteiger partial charge on any atom is -0.475 e. The van der Waals surface area contributed by atoms with Gasteiger partial charge in [-0.2, -0.15) is 13.2 Å². The lowest BCUT2D eigenvalue weighted by molar-refractivity contribution is -0.192. The average Bonchev–Trinajstić information content (AvgIpc) is 2.60. The first-order valence-corrected chi connectivity index (χ1v) is 10.4. The van der Waals surface area contributed by atoms with Gasteiger partial charge in [-0.25, -0.2) is 4.79 Å². The van der Waals surface area contributed by atoms with Gasteiger partial charge in [-0.15, -0.1) is 0 Å². The maximum Gasteiger partial charge on any atom is 0.490 e. The fraction of sp³-hybridized carbons (Fsp3) is 0.900. The van der Waals surface area contributed by atoms with Gasteiger partial charge in [-0.1, -0.05) is 20.3 Å². The summed E-state index contributed by atoms with van der Waals surface area (Å²) in [4.78, 5) is 25.6. The minimum atomic E-state index is -5.08. The van der Waals surface area contributed by atoms with E-state index in [1.54, 1.807) is 0 Å². The van der Waals surface area contributed by atoms with Gasteiger partial charge in [0, 0.05) is 13.0 Å². The summed E-state index contributed by atoms with van der Waals surface area (Å²) >= 11 is 0. The molecule has 0 aromatic heterocycles. The summed E-state index contributed by atoms with van der Waals surface area (Å²) in [5.41, 5.74) is 0.00500. The van der Waals surface area contributed by atoms with Crippen molar-refractivity contribution in [2.75, 3.05) is 39.3 Å². The van der Waals surface area contributed by atoms with Gasteiger partial charge in [0.2, 0.25) is 5.91 Å². The van der Waals surface area contributed by atoms with Crippen LogP contribution >= 0.6 is 0 Å². The zero-order valence-corrected chi connectivity index (χ0v) is 17.3. The standard InChI is InChI=1S/C18H32N2O2.C2HF3O2/c1-15(2)10-17(21)20-13-18(14-20)7-6-16(12-22-18)11-19-8-4-3-5-9-19;3-2(4,5)1(6)7/h15-16H,3-14H2,1-2H3;(H,6,7). The fourth-order valence-electron chi connectivity index (χ4n) is 4.12. The molecule has 0 aromatic rings. The molecule has 0 aliphatic carbocycles. The van der Waals surface area contributed by atoms with Crippen LogP contribution in [0.5, 0.6) is 0 Å². The highest BCUT2D eigenvalue weighted by Crippen LogP contribution is 2.36. The van der Waals surface area contributed by atoms with E-state index in [0.717, 1.165) is 26.1 Å². The lowest BCUT2D eigenvalue weighted by Crippen LogP contribution is -2.66. The molecule has 1 amide bonds. The van der Waals surface area contributed by atoms with Crippen LogP contribution in [0.2, 0.25) is 0 Å². The monoisotopic (exact) mass is 422 g/mol. The number of piperidine rings is 1. The van der Waals surface area contributed by atoms with E-state index < -0.39 is 12.1 Å². The second-order valence-corrected chi connectivity index (χ2v) is 8.91. The van der Waals surface area contributed by atoms with E-state index in [4.69, 9.17) is 14.6 Å². The highest BCUT2D eigenvalue weighted by atomic mass is 19.4. The molecule has 0 bridgehead atoms. The Kier molecular flexibility index (Phi) is 8.34. The van der Waals surface area contributed by atoms with Gasteiger partial charge in [0.1, 0.15) is 5.60 Å². The molecule has 0 aromatic carbocycles. The molecule has 3 aliphatic rings. The van der Waals surface area contributed by atoms with Gasteiger partial charge in [0.15, 0.2) is 0 Å². The molecule has 6 nitrogen and oxygen atoms in total. The SMILES string of the molecule is CC(C)CC(=O)N1CC2(CCC(CN3CCCCC3)CO2)C1.O=C(O)C(F)(F)F. The topological polar surface area (TPSA) is 70.1 Å². The molecule has 1 unspecified atom stereocenters. The third kappa shape index (κ3) is 7.44. The van der Waals surface area contributed by atoms with Crippen molar-refractivity contribution in [1.29, 1.82) is 0 Å². The second kappa shape index (κ2) is 10.1. The van der Waals surface area contributed by atoms with Crippen LogP contribution in [0.3, 0.4) is 0 Å². The van der Waals surface area contributed by atoms with Crippen molar-refractivity contribution < 1.29 is 32.6 Å². The number of amides is 1. The maximum absolute atomic E-state index is 12.1. The normalized spacial score (nSPS) is 24.6. The number of hydrogen-bond acceptors (Lipinski definition) is 4. The Morgan fingerprint density at radius 1 is 1.17 bits per heavy atom. The number of carboxylic acids is 1. The van der Waals surface area contributed by atoms with Crippen LogP contribution in [0.1, 0.15) is 52.4 Å². The van der Waals surface area contributed by atoms with E-state index in [0.29, 0.717) is 24.2 Å². The molecule has 3 fully saturated rings. The first-order valence-electron chi connectivity index (χ1n) is 10.4. The van der Waals surface area contributed by atoms with Gasteiger partial charge in [0.05, 0.1) is 19.7 Å². The largest absolute Gasteiger partial charge is 0.490 e. The highest BCUT2D eigenvalue weighted by Gasteiger charge is 2.48. The number of halogens is 3. The Labute approximate surface area is 170 Å². The number of aliphatic carboxylic acids is 1. The van der Waals surface area contributed by atoms with E-state index in [9.17, 15) is 18.0 Å². The van der Waals surface area contributed by atoms with Gasteiger partial charge < -0.3 is 19.6 Å². The van der Waals surface area contributed by atoms with E-state index in [1.807, 2.05) is 4.90 Å².